The number of aryl methyl sites for hydroxylation is 4. The zero-order chi connectivity index (χ0) is 26.7. The van der Waals surface area contributed by atoms with Crippen molar-refractivity contribution >= 4 is 37.1 Å². The van der Waals surface area contributed by atoms with Crippen molar-refractivity contribution in [3.8, 4) is 0 Å². The van der Waals surface area contributed by atoms with Crippen LogP contribution in [-0.4, -0.2) is 11.3 Å². The van der Waals surface area contributed by atoms with Crippen LogP contribution in [0.1, 0.15) is 49.9 Å². The summed E-state index contributed by atoms with van der Waals surface area (Å²) in [5.74, 6) is 0. The van der Waals surface area contributed by atoms with Gasteiger partial charge in [-0.05, 0) is 81.5 Å². The van der Waals surface area contributed by atoms with Gasteiger partial charge in [0.25, 0.3) is 0 Å². The Morgan fingerprint density at radius 2 is 0.595 bits per heavy atom. The molecule has 0 spiro atoms. The molecule has 0 fully saturated rings. The van der Waals surface area contributed by atoms with E-state index in [0.29, 0.717) is 11.3 Å². The van der Waals surface area contributed by atoms with Gasteiger partial charge in [0, 0.05) is 0 Å². The second-order valence-corrected chi connectivity index (χ2v) is 16.4. The van der Waals surface area contributed by atoms with E-state index in [4.69, 9.17) is 0 Å². The number of hydrogen-bond acceptors (Lipinski definition) is 0. The van der Waals surface area contributed by atoms with Crippen molar-refractivity contribution in [3.63, 3.8) is 0 Å². The van der Waals surface area contributed by atoms with Crippen LogP contribution in [0.4, 0.5) is 0 Å². The van der Waals surface area contributed by atoms with E-state index in [1.807, 2.05) is 0 Å². The van der Waals surface area contributed by atoms with E-state index in [2.05, 4.69) is 152 Å². The molecule has 4 rings (SSSR count). The molecule has 0 saturated heterocycles. The monoisotopic (exact) mass is 524 g/mol. The Labute approximate surface area is 228 Å². The summed E-state index contributed by atoms with van der Waals surface area (Å²) in [6.07, 6.45) is 0. The molecule has 0 saturated carbocycles. The lowest BCUT2D eigenvalue weighted by atomic mass is 9.86. The molecule has 0 bridgehead atoms. The second kappa shape index (κ2) is 11.6. The van der Waals surface area contributed by atoms with Crippen molar-refractivity contribution in [1.82, 2.24) is 0 Å². The SMILES string of the molecule is Cc1ccc(P(c2ccc(C)cc2)C(C)C(C)(C)C(C)P(c2ccc(C)cc2)c2ccc(C)cc2)cc1. The molecule has 0 amide bonds. The zero-order valence-electron chi connectivity index (χ0n) is 23.8. The highest BCUT2D eigenvalue weighted by Gasteiger charge is 2.41. The van der Waals surface area contributed by atoms with Gasteiger partial charge in [0.05, 0.1) is 0 Å². The average molecular weight is 525 g/mol. The minimum atomic E-state index is -0.520. The van der Waals surface area contributed by atoms with Crippen LogP contribution in [0.25, 0.3) is 0 Å². The molecule has 0 aliphatic heterocycles. The lowest BCUT2D eigenvalue weighted by Gasteiger charge is -2.45. The average Bonchev–Trinajstić information content (AvgIpc) is 2.88. The van der Waals surface area contributed by atoms with E-state index >= 15 is 0 Å². The third-order valence-electron chi connectivity index (χ3n) is 8.18. The topological polar surface area (TPSA) is 0 Å². The van der Waals surface area contributed by atoms with Crippen LogP contribution in [0.2, 0.25) is 0 Å². The van der Waals surface area contributed by atoms with Gasteiger partial charge >= 0.3 is 0 Å². The summed E-state index contributed by atoms with van der Waals surface area (Å²) in [7, 11) is -1.04. The summed E-state index contributed by atoms with van der Waals surface area (Å²) in [6.45, 7) is 18.8. The molecule has 0 aliphatic carbocycles. The smallest absolute Gasteiger partial charge is 0.00997 e. The fourth-order valence-electron chi connectivity index (χ4n) is 5.03. The minimum absolute atomic E-state index is 0.114. The van der Waals surface area contributed by atoms with E-state index in [1.165, 1.54) is 43.5 Å². The van der Waals surface area contributed by atoms with Crippen molar-refractivity contribution in [1.29, 1.82) is 0 Å². The maximum atomic E-state index is 2.53. The van der Waals surface area contributed by atoms with Crippen molar-refractivity contribution in [3.05, 3.63) is 119 Å². The lowest BCUT2D eigenvalue weighted by molar-refractivity contribution is 0.356. The molecular weight excluding hydrogens is 482 g/mol. The molecule has 0 N–H and O–H groups in total. The Hall–Kier alpha value is -2.26. The van der Waals surface area contributed by atoms with Crippen molar-refractivity contribution in [2.45, 2.75) is 66.7 Å². The summed E-state index contributed by atoms with van der Waals surface area (Å²) in [5.41, 5.74) is 6.42. The van der Waals surface area contributed by atoms with Crippen molar-refractivity contribution in [2.24, 2.45) is 5.41 Å². The summed E-state index contributed by atoms with van der Waals surface area (Å²) >= 11 is 0. The molecule has 192 valence electrons. The highest BCUT2D eigenvalue weighted by molar-refractivity contribution is 7.74. The van der Waals surface area contributed by atoms with Crippen LogP contribution in [0.3, 0.4) is 0 Å². The number of benzene rings is 4. The summed E-state index contributed by atoms with van der Waals surface area (Å²) in [4.78, 5) is 0. The van der Waals surface area contributed by atoms with E-state index < -0.39 is 15.8 Å². The molecule has 0 aromatic heterocycles. The fourth-order valence-corrected chi connectivity index (χ4v) is 11.2. The van der Waals surface area contributed by atoms with Gasteiger partial charge in [0.1, 0.15) is 0 Å². The number of rotatable bonds is 8. The predicted molar refractivity (Wildman–Crippen MR) is 170 cm³/mol. The van der Waals surface area contributed by atoms with Crippen LogP contribution in [0.5, 0.6) is 0 Å². The Morgan fingerprint density at radius 1 is 0.405 bits per heavy atom. The van der Waals surface area contributed by atoms with E-state index in [0.717, 1.165) is 0 Å². The molecule has 0 radical (unpaired) electrons. The van der Waals surface area contributed by atoms with Crippen LogP contribution in [0, 0.1) is 33.1 Å². The first-order valence-corrected chi connectivity index (χ1v) is 16.2. The van der Waals surface area contributed by atoms with Gasteiger partial charge in [0.2, 0.25) is 0 Å². The summed E-state index contributed by atoms with van der Waals surface area (Å²) in [5, 5.41) is 5.92. The molecule has 37 heavy (non-hydrogen) atoms. The lowest BCUT2D eigenvalue weighted by Crippen LogP contribution is -2.41. The third kappa shape index (κ3) is 6.25. The summed E-state index contributed by atoms with van der Waals surface area (Å²) in [6, 6.07) is 37.3. The Kier molecular flexibility index (Phi) is 8.74. The van der Waals surface area contributed by atoms with Gasteiger partial charge in [-0.25, -0.2) is 0 Å². The first-order valence-electron chi connectivity index (χ1n) is 13.4. The van der Waals surface area contributed by atoms with Crippen LogP contribution in [-0.2, 0) is 0 Å². The van der Waals surface area contributed by atoms with Gasteiger partial charge in [-0.1, -0.05) is 147 Å². The standard InChI is InChI=1S/C35H42P2/c1-25-9-17-31(18-10-25)36(32-19-11-26(2)12-20-32)29(5)35(7,8)30(6)37(33-21-13-27(3)14-22-33)34-23-15-28(4)16-24-34/h9-24,29-30H,1-8H3. The van der Waals surface area contributed by atoms with Crippen molar-refractivity contribution in [2.75, 3.05) is 0 Å². The highest BCUT2D eigenvalue weighted by Crippen LogP contribution is 2.56. The first kappa shape index (κ1) is 27.8. The van der Waals surface area contributed by atoms with Gasteiger partial charge < -0.3 is 0 Å². The normalized spacial score (nSPS) is 13.7. The first-order chi connectivity index (χ1) is 17.6. The molecule has 4 aromatic rings. The molecule has 4 aromatic carbocycles. The molecule has 0 heterocycles. The number of hydrogen-bond donors (Lipinski definition) is 0. The molecular formula is C35H42P2. The van der Waals surface area contributed by atoms with E-state index in [9.17, 15) is 0 Å². The predicted octanol–water partition coefficient (Wildman–Crippen LogP) is 8.29. The minimum Gasteiger partial charge on any atom is -0.0587 e. The van der Waals surface area contributed by atoms with Gasteiger partial charge in [0.15, 0.2) is 0 Å². The quantitative estimate of drug-likeness (QED) is 0.203. The van der Waals surface area contributed by atoms with Crippen molar-refractivity contribution < 1.29 is 0 Å². The van der Waals surface area contributed by atoms with Gasteiger partial charge in [-0.2, -0.15) is 0 Å². The largest absolute Gasteiger partial charge is 0.0587 e. The second-order valence-electron chi connectivity index (χ2n) is 11.3. The van der Waals surface area contributed by atoms with Crippen LogP contribution >= 0.6 is 15.8 Å². The van der Waals surface area contributed by atoms with Crippen LogP contribution < -0.4 is 21.2 Å². The van der Waals surface area contributed by atoms with Crippen LogP contribution in [0.15, 0.2) is 97.1 Å². The molecule has 0 nitrogen and oxygen atoms in total. The maximum absolute atomic E-state index is 2.53. The molecule has 2 heteroatoms. The Morgan fingerprint density at radius 3 is 0.784 bits per heavy atom. The van der Waals surface area contributed by atoms with Gasteiger partial charge in [-0.15, -0.1) is 0 Å². The third-order valence-corrected chi connectivity index (χ3v) is 14.5. The highest BCUT2D eigenvalue weighted by atomic mass is 31.1. The Bertz CT molecular complexity index is 1090. The summed E-state index contributed by atoms with van der Waals surface area (Å²) < 4.78 is 0. The van der Waals surface area contributed by atoms with E-state index in [-0.39, 0.29) is 5.41 Å². The van der Waals surface area contributed by atoms with E-state index in [1.54, 1.807) is 0 Å². The zero-order valence-corrected chi connectivity index (χ0v) is 25.6. The molecule has 2 atom stereocenters. The maximum Gasteiger partial charge on any atom is -0.00997 e. The molecule has 2 unspecified atom stereocenters. The molecule has 0 aliphatic rings. The fraction of sp³-hybridized carbons (Fsp3) is 0.314. The Balaban J connectivity index is 1.79. The van der Waals surface area contributed by atoms with Gasteiger partial charge in [-0.3, -0.25) is 0 Å².